The molecule has 2 rings (SSSR count). The molecule has 0 saturated carbocycles. The number of aromatic nitrogens is 1. The summed E-state index contributed by atoms with van der Waals surface area (Å²) in [5.41, 5.74) is 1.31. The van der Waals surface area contributed by atoms with E-state index in [0.29, 0.717) is 11.3 Å². The Balaban J connectivity index is 2.21. The van der Waals surface area contributed by atoms with Gasteiger partial charge in [-0.15, -0.1) is 0 Å². The van der Waals surface area contributed by atoms with Gasteiger partial charge in [0.25, 0.3) is 5.91 Å². The van der Waals surface area contributed by atoms with Crippen molar-refractivity contribution in [3.63, 3.8) is 0 Å². The minimum Gasteiger partial charge on any atom is -0.466 e. The number of furan rings is 1. The highest BCUT2D eigenvalue weighted by atomic mass is 16.5. The quantitative estimate of drug-likeness (QED) is 0.838. The minimum absolute atomic E-state index is 0.0835. The van der Waals surface area contributed by atoms with E-state index in [1.165, 1.54) is 6.26 Å². The van der Waals surface area contributed by atoms with Crippen LogP contribution in [0.1, 0.15) is 40.5 Å². The molecule has 0 fully saturated rings. The summed E-state index contributed by atoms with van der Waals surface area (Å²) in [5.74, 6) is 1.29. The smallest absolute Gasteiger partial charge is 0.257 e. The molecule has 1 atom stereocenters. The van der Waals surface area contributed by atoms with Gasteiger partial charge < -0.3 is 13.8 Å². The van der Waals surface area contributed by atoms with Crippen molar-refractivity contribution in [2.45, 2.75) is 26.8 Å². The molecule has 0 bridgehead atoms. The van der Waals surface area contributed by atoms with Crippen LogP contribution in [0.5, 0.6) is 0 Å². The van der Waals surface area contributed by atoms with Crippen molar-refractivity contribution in [3.05, 3.63) is 41.2 Å². The summed E-state index contributed by atoms with van der Waals surface area (Å²) in [6.07, 6.45) is 1.50. The minimum atomic E-state index is -0.147. The van der Waals surface area contributed by atoms with Crippen LogP contribution < -0.4 is 0 Å². The Hall–Kier alpha value is -2.04. The van der Waals surface area contributed by atoms with Crippen molar-refractivity contribution in [2.24, 2.45) is 0 Å². The maximum Gasteiger partial charge on any atom is 0.257 e. The molecule has 2 heterocycles. The summed E-state index contributed by atoms with van der Waals surface area (Å²) >= 11 is 0. The maximum atomic E-state index is 12.3. The summed E-state index contributed by atoms with van der Waals surface area (Å²) in [7, 11) is 1.74. The van der Waals surface area contributed by atoms with Gasteiger partial charge in [0.1, 0.15) is 23.5 Å². The number of carbonyl (C=O) groups is 1. The molecule has 0 aliphatic heterocycles. The molecule has 1 unspecified atom stereocenters. The first-order valence-corrected chi connectivity index (χ1v) is 5.75. The van der Waals surface area contributed by atoms with Crippen LogP contribution in [-0.2, 0) is 0 Å². The highest BCUT2D eigenvalue weighted by Crippen LogP contribution is 2.22. The van der Waals surface area contributed by atoms with Gasteiger partial charge in [-0.2, -0.15) is 0 Å². The van der Waals surface area contributed by atoms with E-state index >= 15 is 0 Å². The molecule has 1 amide bonds. The molecule has 0 saturated heterocycles. The summed E-state index contributed by atoms with van der Waals surface area (Å²) in [5, 5.41) is 3.85. The summed E-state index contributed by atoms with van der Waals surface area (Å²) < 4.78 is 10.2. The largest absolute Gasteiger partial charge is 0.466 e. The molecule has 5 heteroatoms. The summed E-state index contributed by atoms with van der Waals surface area (Å²) in [6, 6.07) is 3.36. The average molecular weight is 248 g/mol. The molecule has 2 aromatic heterocycles. The van der Waals surface area contributed by atoms with Gasteiger partial charge >= 0.3 is 0 Å². The molecule has 0 spiro atoms. The van der Waals surface area contributed by atoms with Crippen LogP contribution >= 0.6 is 0 Å². The van der Waals surface area contributed by atoms with Gasteiger partial charge in [-0.1, -0.05) is 5.16 Å². The van der Waals surface area contributed by atoms with E-state index in [4.69, 9.17) is 8.94 Å². The molecule has 0 N–H and O–H groups in total. The van der Waals surface area contributed by atoms with Gasteiger partial charge in [0.15, 0.2) is 0 Å². The second-order valence-electron chi connectivity index (χ2n) is 4.34. The Morgan fingerprint density at radius 1 is 1.44 bits per heavy atom. The monoisotopic (exact) mass is 248 g/mol. The van der Waals surface area contributed by atoms with Crippen LogP contribution in [0.25, 0.3) is 0 Å². The fourth-order valence-corrected chi connectivity index (χ4v) is 1.84. The molecular weight excluding hydrogens is 232 g/mol. The lowest BCUT2D eigenvalue weighted by atomic mass is 10.1. The first-order chi connectivity index (χ1) is 8.50. The summed E-state index contributed by atoms with van der Waals surface area (Å²) in [6.45, 7) is 5.51. The van der Waals surface area contributed by atoms with Gasteiger partial charge in [-0.3, -0.25) is 4.79 Å². The number of hydrogen-bond acceptors (Lipinski definition) is 4. The number of hydrogen-bond donors (Lipinski definition) is 0. The van der Waals surface area contributed by atoms with Crippen molar-refractivity contribution < 1.29 is 13.7 Å². The lowest BCUT2D eigenvalue weighted by Gasteiger charge is -2.22. The van der Waals surface area contributed by atoms with E-state index in [2.05, 4.69) is 5.16 Å². The van der Waals surface area contributed by atoms with E-state index in [1.54, 1.807) is 31.0 Å². The van der Waals surface area contributed by atoms with E-state index < -0.39 is 0 Å². The molecule has 0 aliphatic carbocycles. The number of rotatable bonds is 3. The van der Waals surface area contributed by atoms with E-state index in [0.717, 1.165) is 11.5 Å². The first-order valence-electron chi connectivity index (χ1n) is 5.75. The van der Waals surface area contributed by atoms with E-state index in [9.17, 15) is 4.79 Å². The zero-order valence-corrected chi connectivity index (χ0v) is 10.9. The Labute approximate surface area is 105 Å². The van der Waals surface area contributed by atoms with Crippen molar-refractivity contribution in [1.29, 1.82) is 0 Å². The van der Waals surface area contributed by atoms with E-state index in [1.807, 2.05) is 13.8 Å². The van der Waals surface area contributed by atoms with Crippen molar-refractivity contribution in [3.8, 4) is 0 Å². The molecule has 2 aromatic rings. The van der Waals surface area contributed by atoms with Crippen LogP contribution in [0, 0.1) is 13.8 Å². The number of aryl methyl sites for hydroxylation is 2. The summed E-state index contributed by atoms with van der Waals surface area (Å²) in [4.78, 5) is 13.9. The maximum absolute atomic E-state index is 12.3. The molecule has 5 nitrogen and oxygen atoms in total. The molecular formula is C13H16N2O3. The van der Waals surface area contributed by atoms with Crippen molar-refractivity contribution >= 4 is 5.91 Å². The van der Waals surface area contributed by atoms with Gasteiger partial charge in [-0.25, -0.2) is 0 Å². The second kappa shape index (κ2) is 4.68. The highest BCUT2D eigenvalue weighted by Gasteiger charge is 2.23. The molecule has 18 heavy (non-hydrogen) atoms. The Bertz CT molecular complexity index is 543. The zero-order chi connectivity index (χ0) is 13.3. The first kappa shape index (κ1) is 12.4. The highest BCUT2D eigenvalue weighted by molar-refractivity contribution is 5.95. The third kappa shape index (κ3) is 2.16. The topological polar surface area (TPSA) is 59.5 Å². The van der Waals surface area contributed by atoms with Gasteiger partial charge in [0.05, 0.1) is 11.6 Å². The van der Waals surface area contributed by atoms with Gasteiger partial charge in [-0.05, 0) is 26.8 Å². The van der Waals surface area contributed by atoms with Crippen LogP contribution in [0.15, 0.2) is 27.3 Å². The lowest BCUT2D eigenvalue weighted by Crippen LogP contribution is -2.30. The SMILES string of the molecule is Cc1cc(C(=O)N(C)C(C)c2ccon2)c(C)o1. The normalized spacial score (nSPS) is 12.4. The molecule has 0 aliphatic rings. The third-order valence-electron chi connectivity index (χ3n) is 3.06. The standard InChI is InChI=1S/C13H16N2O3/c1-8-7-11(10(3)18-8)13(16)15(4)9(2)12-5-6-17-14-12/h5-7,9H,1-4H3. The van der Waals surface area contributed by atoms with Crippen LogP contribution in [0.3, 0.4) is 0 Å². The Kier molecular flexibility index (Phi) is 3.23. The second-order valence-corrected chi connectivity index (χ2v) is 4.34. The van der Waals surface area contributed by atoms with Crippen LogP contribution in [0.4, 0.5) is 0 Å². The third-order valence-corrected chi connectivity index (χ3v) is 3.06. The number of amides is 1. The van der Waals surface area contributed by atoms with Crippen molar-refractivity contribution in [1.82, 2.24) is 10.1 Å². The van der Waals surface area contributed by atoms with Gasteiger partial charge in [0, 0.05) is 13.1 Å². The predicted octanol–water partition coefficient (Wildman–Crippen LogP) is 2.72. The zero-order valence-electron chi connectivity index (χ0n) is 10.9. The lowest BCUT2D eigenvalue weighted by molar-refractivity contribution is 0.0736. The Morgan fingerprint density at radius 2 is 2.17 bits per heavy atom. The van der Waals surface area contributed by atoms with Crippen molar-refractivity contribution in [2.75, 3.05) is 7.05 Å². The van der Waals surface area contributed by atoms with Crippen LogP contribution in [-0.4, -0.2) is 23.0 Å². The molecule has 0 radical (unpaired) electrons. The van der Waals surface area contributed by atoms with E-state index in [-0.39, 0.29) is 11.9 Å². The average Bonchev–Trinajstić information content (AvgIpc) is 2.96. The number of nitrogens with zero attached hydrogens (tertiary/aromatic N) is 2. The predicted molar refractivity (Wildman–Crippen MR) is 65.2 cm³/mol. The fourth-order valence-electron chi connectivity index (χ4n) is 1.84. The van der Waals surface area contributed by atoms with Crippen LogP contribution in [0.2, 0.25) is 0 Å². The molecule has 96 valence electrons. The fraction of sp³-hybridized carbons (Fsp3) is 0.385. The number of carbonyl (C=O) groups excluding carboxylic acids is 1. The Morgan fingerprint density at radius 3 is 2.67 bits per heavy atom. The van der Waals surface area contributed by atoms with Gasteiger partial charge in [0.2, 0.25) is 0 Å². The molecule has 0 aromatic carbocycles.